The first-order valence-electron chi connectivity index (χ1n) is 3.57. The van der Waals surface area contributed by atoms with Crippen molar-refractivity contribution >= 4 is 11.6 Å². The van der Waals surface area contributed by atoms with Crippen molar-refractivity contribution in [2.75, 3.05) is 0 Å². The van der Waals surface area contributed by atoms with Crippen LogP contribution in [-0.2, 0) is 12.7 Å². The van der Waals surface area contributed by atoms with Crippen molar-refractivity contribution in [3.63, 3.8) is 0 Å². The maximum atomic E-state index is 12.1. The summed E-state index contributed by atoms with van der Waals surface area (Å²) in [5.41, 5.74) is -0.848. The molecule has 0 bridgehead atoms. The SMILES string of the molecule is N#CC(Cl)Cn1cc(C(F)(F)F)cn1. The summed E-state index contributed by atoms with van der Waals surface area (Å²) in [6, 6.07) is 1.68. The molecule has 0 N–H and O–H groups in total. The molecule has 1 atom stereocenters. The molecule has 0 aromatic carbocycles. The van der Waals surface area contributed by atoms with E-state index >= 15 is 0 Å². The number of nitrogens with zero attached hydrogens (tertiary/aromatic N) is 3. The standard InChI is InChI=1S/C7H5ClF3N3/c8-6(1-12)4-14-3-5(2-13-14)7(9,10)11/h2-3,6H,4H2. The molecule has 0 radical (unpaired) electrons. The summed E-state index contributed by atoms with van der Waals surface area (Å²) in [6.45, 7) is -0.0614. The lowest BCUT2D eigenvalue weighted by Crippen LogP contribution is -2.09. The molecular weight excluding hydrogens is 219 g/mol. The Morgan fingerprint density at radius 1 is 1.64 bits per heavy atom. The average Bonchev–Trinajstić information content (AvgIpc) is 2.51. The van der Waals surface area contributed by atoms with Gasteiger partial charge in [0.15, 0.2) is 0 Å². The molecule has 0 aliphatic heterocycles. The van der Waals surface area contributed by atoms with Crippen LogP contribution >= 0.6 is 11.6 Å². The van der Waals surface area contributed by atoms with Gasteiger partial charge in [-0.2, -0.15) is 23.5 Å². The third kappa shape index (κ3) is 2.64. The number of aromatic nitrogens is 2. The smallest absolute Gasteiger partial charge is 0.270 e. The molecule has 76 valence electrons. The monoisotopic (exact) mass is 223 g/mol. The Hall–Kier alpha value is -1.22. The normalized spacial score (nSPS) is 13.6. The third-order valence-electron chi connectivity index (χ3n) is 1.45. The van der Waals surface area contributed by atoms with Crippen LogP contribution in [0.25, 0.3) is 0 Å². The minimum Gasteiger partial charge on any atom is -0.270 e. The lowest BCUT2D eigenvalue weighted by atomic mass is 10.3. The van der Waals surface area contributed by atoms with Gasteiger partial charge in [-0.05, 0) is 0 Å². The minimum atomic E-state index is -4.41. The third-order valence-corrected chi connectivity index (χ3v) is 1.68. The van der Waals surface area contributed by atoms with E-state index in [2.05, 4.69) is 5.10 Å². The van der Waals surface area contributed by atoms with E-state index in [4.69, 9.17) is 16.9 Å². The van der Waals surface area contributed by atoms with E-state index in [0.717, 1.165) is 10.9 Å². The van der Waals surface area contributed by atoms with Crippen LogP contribution in [0.3, 0.4) is 0 Å². The van der Waals surface area contributed by atoms with Crippen molar-refractivity contribution in [1.82, 2.24) is 9.78 Å². The van der Waals surface area contributed by atoms with Gasteiger partial charge in [0.25, 0.3) is 0 Å². The zero-order valence-corrected chi connectivity index (χ0v) is 7.55. The molecule has 0 saturated carbocycles. The fourth-order valence-corrected chi connectivity index (χ4v) is 0.956. The van der Waals surface area contributed by atoms with E-state index < -0.39 is 17.1 Å². The average molecular weight is 224 g/mol. The van der Waals surface area contributed by atoms with Crippen molar-refractivity contribution < 1.29 is 13.2 Å². The number of rotatable bonds is 2. The molecule has 3 nitrogen and oxygen atoms in total. The summed E-state index contributed by atoms with van der Waals surface area (Å²) in [7, 11) is 0. The van der Waals surface area contributed by atoms with Gasteiger partial charge in [0.05, 0.1) is 24.4 Å². The van der Waals surface area contributed by atoms with Gasteiger partial charge < -0.3 is 0 Å². The van der Waals surface area contributed by atoms with E-state index in [-0.39, 0.29) is 6.54 Å². The first-order valence-corrected chi connectivity index (χ1v) is 4.00. The largest absolute Gasteiger partial charge is 0.419 e. The first kappa shape index (κ1) is 10.9. The highest BCUT2D eigenvalue weighted by Crippen LogP contribution is 2.28. The highest BCUT2D eigenvalue weighted by Gasteiger charge is 2.32. The molecule has 1 rings (SSSR count). The summed E-state index contributed by atoms with van der Waals surface area (Å²) in [5, 5.41) is 10.9. The van der Waals surface area contributed by atoms with Crippen LogP contribution in [0.5, 0.6) is 0 Å². The molecule has 0 amide bonds. The number of hydrogen-bond donors (Lipinski definition) is 0. The van der Waals surface area contributed by atoms with Gasteiger partial charge in [0.1, 0.15) is 5.38 Å². The predicted octanol–water partition coefficient (Wildman–Crippen LogP) is 2.03. The summed E-state index contributed by atoms with van der Waals surface area (Å²) in [6.07, 6.45) is -2.90. The van der Waals surface area contributed by atoms with Crippen LogP contribution in [-0.4, -0.2) is 15.2 Å². The molecular formula is C7H5ClF3N3. The molecule has 1 heterocycles. The summed E-state index contributed by atoms with van der Waals surface area (Å²) in [5.74, 6) is 0. The number of alkyl halides is 4. The first-order chi connectivity index (χ1) is 6.43. The Labute approximate surface area is 82.7 Å². The van der Waals surface area contributed by atoms with Gasteiger partial charge in [-0.1, -0.05) is 0 Å². The van der Waals surface area contributed by atoms with Crippen LogP contribution in [0.1, 0.15) is 5.56 Å². The maximum absolute atomic E-state index is 12.1. The topological polar surface area (TPSA) is 41.6 Å². The lowest BCUT2D eigenvalue weighted by Gasteiger charge is -2.01. The Morgan fingerprint density at radius 2 is 2.29 bits per heavy atom. The van der Waals surface area contributed by atoms with Crippen LogP contribution in [0, 0.1) is 11.3 Å². The van der Waals surface area contributed by atoms with E-state index in [9.17, 15) is 13.2 Å². The molecule has 0 spiro atoms. The maximum Gasteiger partial charge on any atom is 0.419 e. The van der Waals surface area contributed by atoms with Crippen LogP contribution in [0.4, 0.5) is 13.2 Å². The quantitative estimate of drug-likeness (QED) is 0.720. The Bertz CT molecular complexity index is 352. The summed E-state index contributed by atoms with van der Waals surface area (Å²) in [4.78, 5) is 0. The highest BCUT2D eigenvalue weighted by atomic mass is 35.5. The van der Waals surface area contributed by atoms with E-state index in [0.29, 0.717) is 6.20 Å². The number of hydrogen-bond acceptors (Lipinski definition) is 2. The molecule has 1 unspecified atom stereocenters. The molecule has 7 heteroatoms. The second kappa shape index (κ2) is 3.88. The van der Waals surface area contributed by atoms with Gasteiger partial charge >= 0.3 is 6.18 Å². The number of nitriles is 1. The zero-order valence-electron chi connectivity index (χ0n) is 6.79. The molecule has 1 aromatic heterocycles. The van der Waals surface area contributed by atoms with Crippen LogP contribution < -0.4 is 0 Å². The van der Waals surface area contributed by atoms with Gasteiger partial charge in [-0.25, -0.2) is 0 Å². The Balaban J connectivity index is 2.75. The van der Waals surface area contributed by atoms with Gasteiger partial charge in [-0.15, -0.1) is 11.6 Å². The van der Waals surface area contributed by atoms with E-state index in [1.165, 1.54) is 0 Å². The molecule has 1 aromatic rings. The summed E-state index contributed by atoms with van der Waals surface area (Å²) < 4.78 is 37.2. The van der Waals surface area contributed by atoms with Gasteiger partial charge in [-0.3, -0.25) is 4.68 Å². The predicted molar refractivity (Wildman–Crippen MR) is 42.5 cm³/mol. The van der Waals surface area contributed by atoms with Crippen LogP contribution in [0.15, 0.2) is 12.4 Å². The van der Waals surface area contributed by atoms with Gasteiger partial charge in [0.2, 0.25) is 0 Å². The fourth-order valence-electron chi connectivity index (χ4n) is 0.815. The van der Waals surface area contributed by atoms with Gasteiger partial charge in [0, 0.05) is 6.20 Å². The van der Waals surface area contributed by atoms with E-state index in [1.807, 2.05) is 0 Å². The van der Waals surface area contributed by atoms with E-state index in [1.54, 1.807) is 6.07 Å². The summed E-state index contributed by atoms with van der Waals surface area (Å²) >= 11 is 5.42. The Morgan fingerprint density at radius 3 is 2.71 bits per heavy atom. The van der Waals surface area contributed by atoms with Crippen molar-refractivity contribution in [2.24, 2.45) is 0 Å². The van der Waals surface area contributed by atoms with Crippen molar-refractivity contribution in [3.05, 3.63) is 18.0 Å². The Kier molecular flexibility index (Phi) is 3.01. The fraction of sp³-hybridized carbons (Fsp3) is 0.429. The molecule has 0 aliphatic carbocycles. The number of halogens is 4. The zero-order chi connectivity index (χ0) is 10.8. The van der Waals surface area contributed by atoms with Crippen molar-refractivity contribution in [2.45, 2.75) is 18.1 Å². The second-order valence-electron chi connectivity index (χ2n) is 2.55. The van der Waals surface area contributed by atoms with Crippen LogP contribution in [0.2, 0.25) is 0 Å². The molecule has 14 heavy (non-hydrogen) atoms. The molecule has 0 fully saturated rings. The highest BCUT2D eigenvalue weighted by molar-refractivity contribution is 6.22. The van der Waals surface area contributed by atoms with Crippen molar-refractivity contribution in [3.8, 4) is 6.07 Å². The molecule has 0 saturated heterocycles. The molecule has 0 aliphatic rings. The minimum absolute atomic E-state index is 0.0614. The second-order valence-corrected chi connectivity index (χ2v) is 3.07. The lowest BCUT2D eigenvalue weighted by molar-refractivity contribution is -0.137. The van der Waals surface area contributed by atoms with Crippen molar-refractivity contribution in [1.29, 1.82) is 5.26 Å².